The van der Waals surface area contributed by atoms with Crippen LogP contribution in [0, 0.1) is 0 Å². The number of halogens is 4. The number of amides is 1. The number of hydrogen-bond donors (Lipinski definition) is 5. The Kier molecular flexibility index (Phi) is 17.8. The van der Waals surface area contributed by atoms with Gasteiger partial charge in [0, 0.05) is 46.4 Å². The largest absolute Gasteiger partial charge is 0.507 e. The first-order chi connectivity index (χ1) is 28.3. The van der Waals surface area contributed by atoms with Gasteiger partial charge in [0.15, 0.2) is 5.56 Å². The van der Waals surface area contributed by atoms with E-state index in [0.717, 1.165) is 17.6 Å². The Morgan fingerprint density at radius 2 is 1.00 bits per heavy atom. The average Bonchev–Trinajstić information content (AvgIpc) is 3.19. The van der Waals surface area contributed by atoms with Gasteiger partial charge in [0.2, 0.25) is 0 Å². The van der Waals surface area contributed by atoms with E-state index in [1.807, 2.05) is 6.07 Å². The van der Waals surface area contributed by atoms with Gasteiger partial charge in [-0.1, -0.05) is 71.2 Å². The van der Waals surface area contributed by atoms with Gasteiger partial charge in [0.1, 0.15) is 22.8 Å². The summed E-state index contributed by atoms with van der Waals surface area (Å²) in [4.78, 5) is 70.2. The minimum atomic E-state index is -1.48. The average molecular weight is 918 g/mol. The Morgan fingerprint density at radius 3 is 1.42 bits per heavy atom. The lowest BCUT2D eigenvalue weighted by atomic mass is 10.1. The summed E-state index contributed by atoms with van der Waals surface area (Å²) in [6.45, 7) is 3.24. The summed E-state index contributed by atoms with van der Waals surface area (Å²) >= 11 is 18.0. The third-order valence-corrected chi connectivity index (χ3v) is 9.89. The van der Waals surface area contributed by atoms with Crippen molar-refractivity contribution in [2.45, 2.75) is 13.8 Å². The van der Waals surface area contributed by atoms with Crippen LogP contribution in [0.4, 0.5) is 10.4 Å². The molecule has 0 saturated carbocycles. The van der Waals surface area contributed by atoms with E-state index in [9.17, 15) is 39.3 Å². The SMILES string of the molecule is CC(=O)O.CCN(C(=O)c1c(O)c2c(Cl)cccc2n(C)c1=O)c1ccccc1.Cn1c(=O)c(C(=O)O)c(O)c2c(Cl)cccc21.Cn1c(=O)cc(O)c2c(Cl)cccc21.F.O. The fraction of sp³-hybridized carbons (Fsp3) is 0.143. The highest BCUT2D eigenvalue weighted by molar-refractivity contribution is 6.37. The van der Waals surface area contributed by atoms with E-state index in [1.54, 1.807) is 93.8 Å². The Bertz CT molecular complexity index is 2990. The lowest BCUT2D eigenvalue weighted by Crippen LogP contribution is -2.36. The van der Waals surface area contributed by atoms with Crippen LogP contribution in [0.2, 0.25) is 15.1 Å². The summed E-state index contributed by atoms with van der Waals surface area (Å²) in [5.41, 5.74) is -0.423. The fourth-order valence-corrected chi connectivity index (χ4v) is 6.87. The first kappa shape index (κ1) is 51.2. The van der Waals surface area contributed by atoms with Crippen molar-refractivity contribution < 1.29 is 50.1 Å². The molecule has 62 heavy (non-hydrogen) atoms. The number of para-hydroxylation sites is 1. The van der Waals surface area contributed by atoms with E-state index in [4.69, 9.17) is 49.8 Å². The predicted octanol–water partition coefficient (Wildman–Crippen LogP) is 6.48. The number of aromatic carboxylic acids is 1. The number of hydrogen-bond acceptors (Lipinski definition) is 9. The van der Waals surface area contributed by atoms with Gasteiger partial charge >= 0.3 is 5.97 Å². The minimum absolute atomic E-state index is 0. The monoisotopic (exact) mass is 916 g/mol. The Balaban J connectivity index is 0.000000314. The van der Waals surface area contributed by atoms with E-state index in [2.05, 4.69) is 0 Å². The van der Waals surface area contributed by atoms with Crippen molar-refractivity contribution in [2.75, 3.05) is 11.4 Å². The van der Waals surface area contributed by atoms with Gasteiger partial charge < -0.3 is 49.6 Å². The summed E-state index contributed by atoms with van der Waals surface area (Å²) in [5, 5.41) is 48.2. The van der Waals surface area contributed by atoms with Gasteiger partial charge in [0.25, 0.3) is 28.6 Å². The predicted molar refractivity (Wildman–Crippen MR) is 238 cm³/mol. The second-order valence-electron chi connectivity index (χ2n) is 12.7. The summed E-state index contributed by atoms with van der Waals surface area (Å²) in [5.74, 6) is -3.93. The maximum absolute atomic E-state index is 13.0. The van der Waals surface area contributed by atoms with Gasteiger partial charge in [-0.3, -0.25) is 28.7 Å². The molecule has 20 heteroatoms. The van der Waals surface area contributed by atoms with Crippen LogP contribution in [0.15, 0.2) is 105 Å². The van der Waals surface area contributed by atoms with Crippen molar-refractivity contribution in [3.05, 3.63) is 148 Å². The van der Waals surface area contributed by atoms with Crippen LogP contribution in [0.1, 0.15) is 34.6 Å². The van der Waals surface area contributed by atoms with Crippen LogP contribution < -0.4 is 21.6 Å². The van der Waals surface area contributed by atoms with Crippen LogP contribution in [-0.4, -0.2) is 69.1 Å². The molecule has 0 aliphatic heterocycles. The number of carboxylic acid groups (broad SMARTS) is 2. The van der Waals surface area contributed by atoms with E-state index in [0.29, 0.717) is 44.6 Å². The van der Waals surface area contributed by atoms with E-state index < -0.39 is 40.3 Å². The van der Waals surface area contributed by atoms with Crippen molar-refractivity contribution in [1.82, 2.24) is 13.7 Å². The number of benzene rings is 4. The van der Waals surface area contributed by atoms with Gasteiger partial charge in [-0.25, -0.2) is 4.79 Å². The Labute approximate surface area is 365 Å². The zero-order valence-electron chi connectivity index (χ0n) is 33.4. The topological polar surface area (TPSA) is 253 Å². The van der Waals surface area contributed by atoms with Crippen molar-refractivity contribution in [1.29, 1.82) is 0 Å². The number of aliphatic carboxylic acids is 1. The number of carbonyl (C=O) groups is 3. The number of anilines is 1. The maximum atomic E-state index is 13.0. The molecule has 3 aromatic heterocycles. The Morgan fingerprint density at radius 1 is 0.613 bits per heavy atom. The molecule has 16 nitrogen and oxygen atoms in total. The number of nitrogens with zero attached hydrogens (tertiary/aromatic N) is 4. The molecule has 1 amide bonds. The lowest BCUT2D eigenvalue weighted by molar-refractivity contribution is -0.134. The molecule has 0 spiro atoms. The molecule has 0 saturated heterocycles. The molecule has 7 N–H and O–H groups in total. The number of pyridine rings is 3. The number of fused-ring (bicyclic) bond motifs is 3. The molecule has 3 heterocycles. The van der Waals surface area contributed by atoms with Crippen LogP contribution in [0.5, 0.6) is 17.2 Å². The van der Waals surface area contributed by atoms with Gasteiger partial charge in [-0.2, -0.15) is 0 Å². The third kappa shape index (κ3) is 10.5. The zero-order valence-corrected chi connectivity index (χ0v) is 35.7. The number of carboxylic acids is 2. The molecular formula is C42H40Cl3FN4O12. The Hall–Kier alpha value is -6.92. The van der Waals surface area contributed by atoms with Gasteiger partial charge in [0.05, 0.1) is 47.8 Å². The molecule has 0 aliphatic carbocycles. The molecule has 328 valence electrons. The third-order valence-electron chi connectivity index (χ3n) is 8.95. The highest BCUT2D eigenvalue weighted by Gasteiger charge is 2.27. The normalized spacial score (nSPS) is 10.1. The molecule has 0 bridgehead atoms. The lowest BCUT2D eigenvalue weighted by Gasteiger charge is -2.22. The van der Waals surface area contributed by atoms with E-state index in [1.165, 1.54) is 27.1 Å². The number of aromatic nitrogens is 3. The zero-order chi connectivity index (χ0) is 44.7. The van der Waals surface area contributed by atoms with E-state index >= 15 is 0 Å². The van der Waals surface area contributed by atoms with E-state index in [-0.39, 0.29) is 48.2 Å². The molecule has 0 atom stereocenters. The molecule has 0 fully saturated rings. The molecular weight excluding hydrogens is 878 g/mol. The number of rotatable bonds is 4. The quantitative estimate of drug-likeness (QED) is 0.128. The summed E-state index contributed by atoms with van der Waals surface area (Å²) in [7, 11) is 4.61. The van der Waals surface area contributed by atoms with Crippen LogP contribution in [0.3, 0.4) is 0 Å². The fourth-order valence-electron chi connectivity index (χ4n) is 6.08. The number of aryl methyl sites for hydroxylation is 3. The van der Waals surface area contributed by atoms with Crippen molar-refractivity contribution in [3.63, 3.8) is 0 Å². The van der Waals surface area contributed by atoms with Crippen LogP contribution in [0.25, 0.3) is 32.7 Å². The highest BCUT2D eigenvalue weighted by atomic mass is 35.5. The minimum Gasteiger partial charge on any atom is -0.507 e. The van der Waals surface area contributed by atoms with Crippen LogP contribution in [-0.2, 0) is 25.9 Å². The first-order valence-electron chi connectivity index (χ1n) is 17.5. The number of aromatic hydroxyl groups is 3. The summed E-state index contributed by atoms with van der Waals surface area (Å²) in [6, 6.07) is 25.0. The van der Waals surface area contributed by atoms with Crippen molar-refractivity contribution in [2.24, 2.45) is 21.1 Å². The smallest absolute Gasteiger partial charge is 0.345 e. The summed E-state index contributed by atoms with van der Waals surface area (Å²) in [6.07, 6.45) is 0. The summed E-state index contributed by atoms with van der Waals surface area (Å²) < 4.78 is 3.92. The second-order valence-corrected chi connectivity index (χ2v) is 13.9. The molecule has 4 aromatic carbocycles. The van der Waals surface area contributed by atoms with Gasteiger partial charge in [-0.05, 0) is 55.5 Å². The van der Waals surface area contributed by atoms with Crippen molar-refractivity contribution >= 4 is 91.0 Å². The van der Waals surface area contributed by atoms with Crippen molar-refractivity contribution in [3.8, 4) is 17.2 Å². The molecule has 0 radical (unpaired) electrons. The molecule has 7 aromatic rings. The first-order valence-corrected chi connectivity index (χ1v) is 18.7. The second kappa shape index (κ2) is 21.6. The molecule has 7 rings (SSSR count). The number of carbonyl (C=O) groups excluding carboxylic acids is 1. The maximum Gasteiger partial charge on any atom is 0.345 e. The highest BCUT2D eigenvalue weighted by Crippen LogP contribution is 2.34. The molecule has 0 aliphatic rings. The standard InChI is InChI=1S/C19H17ClN2O3.C11H8ClNO4.C10H8ClNO2.C2H4O2.FH.H2O/c1-3-22(12-8-5-4-6-9-12)19(25)16-17(23)15-13(20)10-7-11-14(15)21(2)18(16)24;1-13-6-4-2-3-5(12)7(6)9(14)8(10(13)15)11(16)17;1-12-7-4-2-3-6(11)10(7)8(13)5-9(12)14;1-2(3)4;;/h4-11,23H,3H2,1-2H3;2-4,14H,1H3,(H,16,17);2-5,13H,1H3;1H3,(H,3,4);1H;1H2. The van der Waals surface area contributed by atoms with Gasteiger partial charge in [-0.15, -0.1) is 0 Å². The molecule has 0 unspecified atom stereocenters. The van der Waals surface area contributed by atoms with Crippen LogP contribution >= 0.6 is 34.8 Å².